The lowest BCUT2D eigenvalue weighted by Gasteiger charge is -2.11. The molecule has 5 nitrogen and oxygen atoms in total. The largest absolute Gasteiger partial charge is 0.496 e. The lowest BCUT2D eigenvalue weighted by Crippen LogP contribution is -1.94. The number of aldehydes is 1. The van der Waals surface area contributed by atoms with E-state index in [0.717, 1.165) is 21.0 Å². The number of nitrogens with zero attached hydrogens (tertiary/aromatic N) is 1. The molecule has 7 heteroatoms. The molecule has 1 rings (SSSR count). The number of aliphatic imine (C=N–C) groups is 1. The third-order valence-corrected chi connectivity index (χ3v) is 4.41. The fourth-order valence-electron chi connectivity index (χ4n) is 1.41. The fraction of sp³-hybridized carbons (Fsp3) is 0.333. The van der Waals surface area contributed by atoms with Crippen molar-refractivity contribution in [3.63, 3.8) is 0 Å². The molecule has 2 N–H and O–H groups in total. The van der Waals surface area contributed by atoms with Crippen LogP contribution in [0.2, 0.25) is 0 Å². The van der Waals surface area contributed by atoms with E-state index in [1.54, 1.807) is 33.6 Å². The van der Waals surface area contributed by atoms with Gasteiger partial charge in [0, 0.05) is 31.2 Å². The highest BCUT2D eigenvalue weighted by Crippen LogP contribution is 2.38. The second-order valence-corrected chi connectivity index (χ2v) is 6.33. The van der Waals surface area contributed by atoms with E-state index < -0.39 is 0 Å². The average Bonchev–Trinajstić information content (AvgIpc) is 2.50. The van der Waals surface area contributed by atoms with Crippen LogP contribution in [0.15, 0.2) is 32.5 Å². The molecule has 0 fully saturated rings. The van der Waals surface area contributed by atoms with E-state index in [1.807, 2.05) is 13.0 Å². The topological polar surface area (TPSA) is 73.9 Å². The van der Waals surface area contributed by atoms with Gasteiger partial charge < -0.3 is 15.2 Å². The zero-order valence-corrected chi connectivity index (χ0v) is 14.9. The molecule has 0 aromatic heterocycles. The van der Waals surface area contributed by atoms with E-state index >= 15 is 0 Å². The summed E-state index contributed by atoms with van der Waals surface area (Å²) in [7, 11) is 4.80. The van der Waals surface area contributed by atoms with Crippen LogP contribution in [0.25, 0.3) is 0 Å². The summed E-state index contributed by atoms with van der Waals surface area (Å²) in [5, 5.41) is 0. The van der Waals surface area contributed by atoms with Crippen LogP contribution in [0.5, 0.6) is 5.75 Å². The van der Waals surface area contributed by atoms with Gasteiger partial charge in [-0.15, -0.1) is 11.8 Å². The van der Waals surface area contributed by atoms with Gasteiger partial charge in [-0.2, -0.15) is 0 Å². The van der Waals surface area contributed by atoms with Crippen molar-refractivity contribution in [2.45, 2.75) is 11.8 Å². The minimum absolute atomic E-state index is 0.462. The number of rotatable bonds is 7. The number of hydrogen-bond donors (Lipinski definition) is 1. The van der Waals surface area contributed by atoms with Crippen molar-refractivity contribution in [3.05, 3.63) is 33.7 Å². The third-order valence-electron chi connectivity index (χ3n) is 2.29. The normalized spacial score (nSPS) is 10.5. The van der Waals surface area contributed by atoms with Crippen LogP contribution in [0.4, 0.5) is 0 Å². The lowest BCUT2D eigenvalue weighted by atomic mass is 10.1. The summed E-state index contributed by atoms with van der Waals surface area (Å²) >= 11 is 2.99. The van der Waals surface area contributed by atoms with E-state index in [1.165, 1.54) is 23.5 Å². The molecule has 0 heterocycles. The van der Waals surface area contributed by atoms with Crippen LogP contribution >= 0.6 is 23.5 Å². The molecule has 0 atom stereocenters. The smallest absolute Gasteiger partial charge is 0.153 e. The van der Waals surface area contributed by atoms with Crippen molar-refractivity contribution in [2.75, 3.05) is 27.2 Å². The average molecular weight is 342 g/mol. The number of hydrogen-bond acceptors (Lipinski definition) is 7. The number of nitrogens with two attached hydrogens (primary N) is 1. The van der Waals surface area contributed by atoms with Crippen LogP contribution in [-0.4, -0.2) is 40.2 Å². The van der Waals surface area contributed by atoms with Gasteiger partial charge in [0.2, 0.25) is 0 Å². The number of thioether (sulfide) groups is 2. The molecule has 1 aromatic carbocycles. The SMILES string of the molecule is C=N/C=C(\SCN)Sc1cc(C=O)c(OC)cc1C.COC. The Hall–Kier alpha value is -1.28. The monoisotopic (exact) mass is 342 g/mol. The van der Waals surface area contributed by atoms with Gasteiger partial charge in [-0.1, -0.05) is 11.8 Å². The van der Waals surface area contributed by atoms with Crippen molar-refractivity contribution >= 4 is 36.5 Å². The molecule has 0 aliphatic heterocycles. The van der Waals surface area contributed by atoms with Crippen LogP contribution in [0.3, 0.4) is 0 Å². The molecular weight excluding hydrogens is 320 g/mol. The summed E-state index contributed by atoms with van der Waals surface area (Å²) in [4.78, 5) is 15.8. The van der Waals surface area contributed by atoms with E-state index in [4.69, 9.17) is 10.5 Å². The molecule has 0 aliphatic carbocycles. The number of carbonyl (C=O) groups excluding carboxylic acids is 1. The summed E-state index contributed by atoms with van der Waals surface area (Å²) in [5.74, 6) is 1.04. The minimum Gasteiger partial charge on any atom is -0.496 e. The summed E-state index contributed by atoms with van der Waals surface area (Å²) in [6.45, 7) is 5.40. The van der Waals surface area contributed by atoms with Gasteiger partial charge in [0.25, 0.3) is 0 Å². The molecule has 0 unspecified atom stereocenters. The molecular formula is C15H22N2O3S2. The van der Waals surface area contributed by atoms with Gasteiger partial charge >= 0.3 is 0 Å². The Balaban J connectivity index is 0.00000135. The Morgan fingerprint density at radius 2 is 2.05 bits per heavy atom. The maximum Gasteiger partial charge on any atom is 0.153 e. The zero-order valence-electron chi connectivity index (χ0n) is 13.3. The predicted octanol–water partition coefficient (Wildman–Crippen LogP) is 3.32. The van der Waals surface area contributed by atoms with E-state index in [9.17, 15) is 4.79 Å². The predicted molar refractivity (Wildman–Crippen MR) is 96.2 cm³/mol. The Bertz CT molecular complexity index is 520. The quantitative estimate of drug-likeness (QED) is 0.355. The molecule has 0 bridgehead atoms. The van der Waals surface area contributed by atoms with Gasteiger partial charge in [0.1, 0.15) is 5.75 Å². The van der Waals surface area contributed by atoms with E-state index in [2.05, 4.69) is 16.4 Å². The lowest BCUT2D eigenvalue weighted by molar-refractivity contribution is 0.112. The van der Waals surface area contributed by atoms with Crippen LogP contribution in [-0.2, 0) is 4.74 Å². The first-order valence-corrected chi connectivity index (χ1v) is 8.08. The Morgan fingerprint density at radius 1 is 1.41 bits per heavy atom. The molecule has 0 aliphatic rings. The molecule has 0 saturated heterocycles. The first-order chi connectivity index (χ1) is 10.6. The second-order valence-electron chi connectivity index (χ2n) is 3.93. The van der Waals surface area contributed by atoms with Crippen LogP contribution in [0.1, 0.15) is 15.9 Å². The zero-order chi connectivity index (χ0) is 17.0. The van der Waals surface area contributed by atoms with Gasteiger partial charge in [-0.25, -0.2) is 0 Å². The highest BCUT2D eigenvalue weighted by atomic mass is 32.2. The van der Waals surface area contributed by atoms with Crippen molar-refractivity contribution in [1.82, 2.24) is 0 Å². The molecule has 0 spiro atoms. The van der Waals surface area contributed by atoms with Crippen LogP contribution in [0, 0.1) is 6.92 Å². The summed E-state index contributed by atoms with van der Waals surface area (Å²) in [5.41, 5.74) is 7.08. The van der Waals surface area contributed by atoms with E-state index in [-0.39, 0.29) is 0 Å². The summed E-state index contributed by atoms with van der Waals surface area (Å²) in [6, 6.07) is 3.65. The number of benzene rings is 1. The summed E-state index contributed by atoms with van der Waals surface area (Å²) in [6.07, 6.45) is 2.44. The van der Waals surface area contributed by atoms with Crippen molar-refractivity contribution in [1.29, 1.82) is 0 Å². The van der Waals surface area contributed by atoms with Gasteiger partial charge in [0.15, 0.2) is 6.29 Å². The van der Waals surface area contributed by atoms with E-state index in [0.29, 0.717) is 17.2 Å². The minimum atomic E-state index is 0.462. The van der Waals surface area contributed by atoms with Crippen molar-refractivity contribution < 1.29 is 14.3 Å². The number of carbonyl (C=O) groups is 1. The first kappa shape index (κ1) is 20.7. The van der Waals surface area contributed by atoms with Gasteiger partial charge in [-0.3, -0.25) is 9.79 Å². The molecule has 0 saturated carbocycles. The van der Waals surface area contributed by atoms with Gasteiger partial charge in [-0.05, 0) is 31.3 Å². The molecule has 0 amide bonds. The van der Waals surface area contributed by atoms with Crippen molar-refractivity contribution in [3.8, 4) is 5.75 Å². The molecule has 0 radical (unpaired) electrons. The standard InChI is InChI=1S/C13H16N2O2S2.C2H6O/c1-9-4-11(17-3)10(7-16)5-12(9)19-13(6-15-2)18-8-14;1-3-2/h4-7H,2,8,14H2,1,3H3;1-2H3/b13-6+;. The maximum absolute atomic E-state index is 11.0. The highest BCUT2D eigenvalue weighted by Gasteiger charge is 2.10. The molecule has 122 valence electrons. The molecule has 1 aromatic rings. The Morgan fingerprint density at radius 3 is 2.50 bits per heavy atom. The number of ether oxygens (including phenoxy) is 2. The van der Waals surface area contributed by atoms with Crippen molar-refractivity contribution in [2.24, 2.45) is 10.7 Å². The fourth-order valence-corrected chi connectivity index (χ4v) is 3.19. The Kier molecular flexibility index (Phi) is 11.6. The highest BCUT2D eigenvalue weighted by molar-refractivity contribution is 8.22. The third kappa shape index (κ3) is 7.13. The number of aryl methyl sites for hydroxylation is 1. The number of methoxy groups -OCH3 is 2. The first-order valence-electron chi connectivity index (χ1n) is 6.28. The van der Waals surface area contributed by atoms with Crippen LogP contribution < -0.4 is 10.5 Å². The van der Waals surface area contributed by atoms with Gasteiger partial charge in [0.05, 0.1) is 16.9 Å². The second kappa shape index (κ2) is 12.3. The summed E-state index contributed by atoms with van der Waals surface area (Å²) < 4.78 is 10.3. The Labute approximate surface area is 140 Å². The molecule has 22 heavy (non-hydrogen) atoms. The maximum atomic E-state index is 11.0.